The average molecular weight is 270 g/mol. The van der Waals surface area contributed by atoms with E-state index in [1.807, 2.05) is 7.05 Å². The zero-order valence-corrected chi connectivity index (χ0v) is 12.3. The van der Waals surface area contributed by atoms with Gasteiger partial charge in [0.25, 0.3) is 0 Å². The number of benzene rings is 1. The minimum atomic E-state index is 0.787. The van der Waals surface area contributed by atoms with Crippen LogP contribution in [0.25, 0.3) is 0 Å². The summed E-state index contributed by atoms with van der Waals surface area (Å²) in [7, 11) is 1.94. The molecule has 2 aromatic rings. The number of nitrogens with zero attached hydrogens (tertiary/aromatic N) is 1. The Morgan fingerprint density at radius 3 is 2.90 bits per heavy atom. The van der Waals surface area contributed by atoms with E-state index in [0.29, 0.717) is 0 Å². The SMILES string of the molecule is CNCc1ccc(CN2CCCc3cc(C)ccc32)o1. The van der Waals surface area contributed by atoms with Gasteiger partial charge in [-0.05, 0) is 50.6 Å². The van der Waals surface area contributed by atoms with E-state index in [0.717, 1.165) is 31.2 Å². The molecule has 0 bridgehead atoms. The highest BCUT2D eigenvalue weighted by Crippen LogP contribution is 2.29. The Morgan fingerprint density at radius 1 is 1.20 bits per heavy atom. The molecule has 0 atom stereocenters. The lowest BCUT2D eigenvalue weighted by Gasteiger charge is -2.30. The van der Waals surface area contributed by atoms with Crippen LogP contribution >= 0.6 is 0 Å². The first kappa shape index (κ1) is 13.3. The number of hydrogen-bond acceptors (Lipinski definition) is 3. The molecular formula is C17H22N2O. The van der Waals surface area contributed by atoms with Crippen molar-refractivity contribution in [3.63, 3.8) is 0 Å². The average Bonchev–Trinajstić information content (AvgIpc) is 2.86. The molecule has 0 amide bonds. The monoisotopic (exact) mass is 270 g/mol. The molecule has 3 heteroatoms. The molecule has 0 unspecified atom stereocenters. The highest BCUT2D eigenvalue weighted by atomic mass is 16.3. The summed E-state index contributed by atoms with van der Waals surface area (Å²) in [6, 6.07) is 10.9. The second kappa shape index (κ2) is 5.71. The minimum Gasteiger partial charge on any atom is -0.463 e. The van der Waals surface area contributed by atoms with Gasteiger partial charge in [-0.25, -0.2) is 0 Å². The van der Waals surface area contributed by atoms with E-state index in [-0.39, 0.29) is 0 Å². The summed E-state index contributed by atoms with van der Waals surface area (Å²) in [5, 5.41) is 3.12. The first-order valence-corrected chi connectivity index (χ1v) is 7.33. The molecule has 0 radical (unpaired) electrons. The van der Waals surface area contributed by atoms with Crippen molar-refractivity contribution in [2.45, 2.75) is 32.9 Å². The Bertz CT molecular complexity index is 588. The van der Waals surface area contributed by atoms with E-state index in [2.05, 4.69) is 47.5 Å². The second-order valence-corrected chi connectivity index (χ2v) is 5.56. The van der Waals surface area contributed by atoms with E-state index in [1.54, 1.807) is 0 Å². The lowest BCUT2D eigenvalue weighted by atomic mass is 9.99. The van der Waals surface area contributed by atoms with E-state index >= 15 is 0 Å². The van der Waals surface area contributed by atoms with E-state index in [1.165, 1.54) is 29.7 Å². The molecule has 2 heterocycles. The quantitative estimate of drug-likeness (QED) is 0.924. The highest BCUT2D eigenvalue weighted by Gasteiger charge is 2.18. The van der Waals surface area contributed by atoms with Crippen LogP contribution in [0.15, 0.2) is 34.7 Å². The first-order chi connectivity index (χ1) is 9.76. The number of anilines is 1. The van der Waals surface area contributed by atoms with E-state index in [9.17, 15) is 0 Å². The van der Waals surface area contributed by atoms with Crippen molar-refractivity contribution in [3.8, 4) is 0 Å². The molecule has 106 valence electrons. The van der Waals surface area contributed by atoms with Crippen molar-refractivity contribution in [3.05, 3.63) is 53.0 Å². The lowest BCUT2D eigenvalue weighted by Crippen LogP contribution is -2.28. The minimum absolute atomic E-state index is 0.787. The predicted molar refractivity (Wildman–Crippen MR) is 82.0 cm³/mol. The van der Waals surface area contributed by atoms with Gasteiger partial charge in [-0.15, -0.1) is 0 Å². The van der Waals surface area contributed by atoms with Gasteiger partial charge in [-0.3, -0.25) is 0 Å². The van der Waals surface area contributed by atoms with Gasteiger partial charge in [-0.1, -0.05) is 17.7 Å². The summed E-state index contributed by atoms with van der Waals surface area (Å²) in [5.74, 6) is 2.05. The third kappa shape index (κ3) is 2.73. The topological polar surface area (TPSA) is 28.4 Å². The highest BCUT2D eigenvalue weighted by molar-refractivity contribution is 5.56. The normalized spacial score (nSPS) is 14.4. The van der Waals surface area contributed by atoms with Crippen LogP contribution in [-0.2, 0) is 19.5 Å². The van der Waals surface area contributed by atoms with Crippen LogP contribution in [0.4, 0.5) is 5.69 Å². The predicted octanol–water partition coefficient (Wildman–Crippen LogP) is 3.26. The molecule has 1 N–H and O–H groups in total. The molecule has 1 aliphatic rings. The summed E-state index contributed by atoms with van der Waals surface area (Å²) in [6.07, 6.45) is 2.41. The molecule has 3 rings (SSSR count). The molecular weight excluding hydrogens is 248 g/mol. The Kier molecular flexibility index (Phi) is 3.79. The Hall–Kier alpha value is -1.74. The maximum absolute atomic E-state index is 5.86. The molecule has 0 saturated heterocycles. The van der Waals surface area contributed by atoms with Crippen molar-refractivity contribution in [2.75, 3.05) is 18.5 Å². The van der Waals surface area contributed by atoms with E-state index < -0.39 is 0 Å². The van der Waals surface area contributed by atoms with Crippen LogP contribution in [0.3, 0.4) is 0 Å². The van der Waals surface area contributed by atoms with Crippen molar-refractivity contribution >= 4 is 5.69 Å². The molecule has 0 spiro atoms. The molecule has 1 aliphatic heterocycles. The van der Waals surface area contributed by atoms with Crippen LogP contribution in [0.5, 0.6) is 0 Å². The van der Waals surface area contributed by atoms with Gasteiger partial charge in [0.1, 0.15) is 11.5 Å². The number of furan rings is 1. The Balaban J connectivity index is 1.78. The fourth-order valence-electron chi connectivity index (χ4n) is 2.93. The van der Waals surface area contributed by atoms with Gasteiger partial charge in [0, 0.05) is 12.2 Å². The lowest BCUT2D eigenvalue weighted by molar-refractivity contribution is 0.448. The van der Waals surface area contributed by atoms with Crippen LogP contribution in [0.2, 0.25) is 0 Å². The number of rotatable bonds is 4. The molecule has 0 fully saturated rings. The van der Waals surface area contributed by atoms with Crippen LogP contribution < -0.4 is 10.2 Å². The third-order valence-corrected chi connectivity index (χ3v) is 3.86. The molecule has 3 nitrogen and oxygen atoms in total. The van der Waals surface area contributed by atoms with Gasteiger partial charge < -0.3 is 14.6 Å². The summed E-state index contributed by atoms with van der Waals surface area (Å²) in [6.45, 7) is 4.92. The maximum atomic E-state index is 5.86. The van der Waals surface area contributed by atoms with Crippen molar-refractivity contribution in [2.24, 2.45) is 0 Å². The van der Waals surface area contributed by atoms with Crippen molar-refractivity contribution in [1.29, 1.82) is 0 Å². The second-order valence-electron chi connectivity index (χ2n) is 5.56. The summed E-state index contributed by atoms with van der Waals surface area (Å²) in [4.78, 5) is 2.43. The van der Waals surface area contributed by atoms with Crippen LogP contribution in [0.1, 0.15) is 29.1 Å². The van der Waals surface area contributed by atoms with E-state index in [4.69, 9.17) is 4.42 Å². The summed E-state index contributed by atoms with van der Waals surface area (Å²) < 4.78 is 5.86. The van der Waals surface area contributed by atoms with Gasteiger partial charge in [-0.2, -0.15) is 0 Å². The van der Waals surface area contributed by atoms with Crippen molar-refractivity contribution < 1.29 is 4.42 Å². The number of aryl methyl sites for hydroxylation is 2. The number of nitrogens with one attached hydrogen (secondary N) is 1. The van der Waals surface area contributed by atoms with Crippen LogP contribution in [0, 0.1) is 6.92 Å². The summed E-state index contributed by atoms with van der Waals surface area (Å²) >= 11 is 0. The van der Waals surface area contributed by atoms with Gasteiger partial charge in [0.05, 0.1) is 13.1 Å². The molecule has 1 aromatic heterocycles. The standard InChI is InChI=1S/C17H22N2O/c1-13-5-8-17-14(10-13)4-3-9-19(17)12-16-7-6-15(20-16)11-18-2/h5-8,10,18H,3-4,9,11-12H2,1-2H3. The number of fused-ring (bicyclic) bond motifs is 1. The largest absolute Gasteiger partial charge is 0.463 e. The van der Waals surface area contributed by atoms with Crippen LogP contribution in [-0.4, -0.2) is 13.6 Å². The van der Waals surface area contributed by atoms with Crippen molar-refractivity contribution in [1.82, 2.24) is 5.32 Å². The molecule has 1 aromatic carbocycles. The third-order valence-electron chi connectivity index (χ3n) is 3.86. The Labute approximate surface area is 120 Å². The fourth-order valence-corrected chi connectivity index (χ4v) is 2.93. The van der Waals surface area contributed by atoms with Gasteiger partial charge in [0.15, 0.2) is 0 Å². The molecule has 0 aliphatic carbocycles. The molecule has 20 heavy (non-hydrogen) atoms. The number of hydrogen-bond donors (Lipinski definition) is 1. The smallest absolute Gasteiger partial charge is 0.123 e. The zero-order valence-electron chi connectivity index (χ0n) is 12.3. The maximum Gasteiger partial charge on any atom is 0.123 e. The zero-order chi connectivity index (χ0) is 13.9. The summed E-state index contributed by atoms with van der Waals surface area (Å²) in [5.41, 5.74) is 4.19. The fraction of sp³-hybridized carbons (Fsp3) is 0.412. The van der Waals surface area contributed by atoms with Gasteiger partial charge in [0.2, 0.25) is 0 Å². The Morgan fingerprint density at radius 2 is 2.05 bits per heavy atom. The first-order valence-electron chi connectivity index (χ1n) is 7.33. The van der Waals surface area contributed by atoms with Gasteiger partial charge >= 0.3 is 0 Å². The molecule has 0 saturated carbocycles.